The quantitative estimate of drug-likeness (QED) is 0.123. The van der Waals surface area contributed by atoms with Crippen LogP contribution in [0.2, 0.25) is 0 Å². The van der Waals surface area contributed by atoms with E-state index in [1.165, 1.54) is 49.4 Å². The first-order valence-electron chi connectivity index (χ1n) is 15.3. The van der Waals surface area contributed by atoms with Gasteiger partial charge in [-0.1, -0.05) is 30.7 Å². The maximum atomic E-state index is 17.2. The van der Waals surface area contributed by atoms with Crippen molar-refractivity contribution in [2.24, 2.45) is 22.7 Å². The highest BCUT2D eigenvalue weighted by Gasteiger charge is 2.76. The van der Waals surface area contributed by atoms with Gasteiger partial charge in [0.15, 0.2) is 23.7 Å². The summed E-state index contributed by atoms with van der Waals surface area (Å²) < 4.78 is 27.3. The van der Waals surface area contributed by atoms with Crippen molar-refractivity contribution in [1.82, 2.24) is 5.32 Å². The molecule has 3 saturated carbocycles. The molecular weight excluding hydrogens is 623 g/mol. The SMILES string of the molecule is C[C@]12C=CC(=O)C=C1CC[C@H]1[C@@H]3C[C@@H](O)[C@](O)(C(=O)COC(=O)NCCOC(=O)c4cccc(CO[N+](=O)[O-])c4)[C@@]3(C)C[C@H](O)[C@@]12F. The Balaban J connectivity index is 1.17. The molecule has 4 aliphatic rings. The molecule has 8 atom stereocenters. The second-order valence-electron chi connectivity index (χ2n) is 13.0. The van der Waals surface area contributed by atoms with Crippen LogP contribution in [-0.2, 0) is 30.5 Å². The van der Waals surface area contributed by atoms with Gasteiger partial charge in [-0.05, 0) is 68.4 Å². The summed E-state index contributed by atoms with van der Waals surface area (Å²) >= 11 is 0. The highest BCUT2D eigenvalue weighted by molar-refractivity contribution is 6.01. The number of allylic oxidation sites excluding steroid dienone is 4. The summed E-state index contributed by atoms with van der Waals surface area (Å²) in [6.07, 6.45) is -0.0658. The standard InChI is InChI=1S/C32H37FN2O12/c1-29-9-8-21(36)13-20(29)6-7-22-23-14-24(37)32(42,30(23,2)15-25(38)31(22,29)33)26(39)17-46-28(41)34-10-11-45-27(40)19-5-3-4-18(12-19)16-47-35(43)44/h3-5,8-9,12-13,22-25,37-38,42H,6-7,10-11,14-17H2,1-2H3,(H,34,41)/t22-,23-,24+,25-,29-,30-,31-,32-/m0/s1. The van der Waals surface area contributed by atoms with Crippen molar-refractivity contribution in [3.05, 3.63) is 69.3 Å². The Morgan fingerprint density at radius 1 is 1.15 bits per heavy atom. The van der Waals surface area contributed by atoms with Gasteiger partial charge in [-0.25, -0.2) is 14.0 Å². The number of alkyl carbamates (subject to hydrolysis) is 1. The minimum absolute atomic E-state index is 0.0974. The highest BCUT2D eigenvalue weighted by atomic mass is 19.1. The number of alkyl halides is 1. The van der Waals surface area contributed by atoms with E-state index in [9.17, 15) is 44.6 Å². The number of aliphatic hydroxyl groups is 3. The summed E-state index contributed by atoms with van der Waals surface area (Å²) in [4.78, 5) is 64.7. The lowest BCUT2D eigenvalue weighted by Crippen LogP contribution is -2.69. The summed E-state index contributed by atoms with van der Waals surface area (Å²) in [6.45, 7) is 1.37. The number of amides is 1. The molecule has 14 nitrogen and oxygen atoms in total. The third kappa shape index (κ3) is 5.59. The molecule has 0 aliphatic heterocycles. The molecule has 15 heteroatoms. The van der Waals surface area contributed by atoms with Gasteiger partial charge in [-0.3, -0.25) is 9.59 Å². The van der Waals surface area contributed by atoms with Crippen molar-refractivity contribution in [1.29, 1.82) is 0 Å². The normalized spacial score (nSPS) is 35.4. The van der Waals surface area contributed by atoms with E-state index in [4.69, 9.17) is 9.47 Å². The van der Waals surface area contributed by atoms with Crippen LogP contribution >= 0.6 is 0 Å². The Labute approximate surface area is 268 Å². The number of halogens is 1. The lowest BCUT2D eigenvalue weighted by molar-refractivity contribution is -0.763. The Morgan fingerprint density at radius 2 is 1.89 bits per heavy atom. The molecule has 4 aliphatic carbocycles. The van der Waals surface area contributed by atoms with Crippen LogP contribution in [-0.4, -0.2) is 87.3 Å². The number of ether oxygens (including phenoxy) is 2. The van der Waals surface area contributed by atoms with Crippen molar-refractivity contribution in [2.45, 2.75) is 69.6 Å². The molecule has 1 amide bonds. The number of carbonyl (C=O) groups excluding carboxylic acids is 4. The third-order valence-corrected chi connectivity index (χ3v) is 10.7. The zero-order valence-electron chi connectivity index (χ0n) is 25.8. The van der Waals surface area contributed by atoms with E-state index in [-0.39, 0.29) is 50.4 Å². The average Bonchev–Trinajstić information content (AvgIpc) is 3.23. The highest BCUT2D eigenvalue weighted by Crippen LogP contribution is 2.69. The molecule has 1 aromatic carbocycles. The molecule has 0 spiro atoms. The van der Waals surface area contributed by atoms with Crippen molar-refractivity contribution in [2.75, 3.05) is 19.8 Å². The number of aliphatic hydroxyl groups excluding tert-OH is 2. The molecule has 0 radical (unpaired) electrons. The summed E-state index contributed by atoms with van der Waals surface area (Å²) in [6, 6.07) is 5.78. The van der Waals surface area contributed by atoms with Gasteiger partial charge in [0.25, 0.3) is 5.09 Å². The minimum Gasteiger partial charge on any atom is -0.460 e. The van der Waals surface area contributed by atoms with Crippen LogP contribution in [0.3, 0.4) is 0 Å². The van der Waals surface area contributed by atoms with Gasteiger partial charge in [-0.15, -0.1) is 10.1 Å². The zero-order chi connectivity index (χ0) is 34.4. The first-order chi connectivity index (χ1) is 22.1. The van der Waals surface area contributed by atoms with Crippen LogP contribution in [0.1, 0.15) is 55.5 Å². The monoisotopic (exact) mass is 660 g/mol. The fourth-order valence-corrected chi connectivity index (χ4v) is 8.32. The van der Waals surface area contributed by atoms with Crippen molar-refractivity contribution < 1.29 is 58.3 Å². The predicted molar refractivity (Wildman–Crippen MR) is 158 cm³/mol. The van der Waals surface area contributed by atoms with Crippen LogP contribution in [0.15, 0.2) is 48.1 Å². The number of nitrogens with zero attached hydrogens (tertiary/aromatic N) is 1. The minimum atomic E-state index is -2.45. The average molecular weight is 661 g/mol. The summed E-state index contributed by atoms with van der Waals surface area (Å²) in [5.74, 6) is -3.60. The lowest BCUT2D eigenvalue weighted by Gasteiger charge is -2.62. The van der Waals surface area contributed by atoms with E-state index >= 15 is 4.39 Å². The summed E-state index contributed by atoms with van der Waals surface area (Å²) in [7, 11) is 0. The molecule has 3 fully saturated rings. The van der Waals surface area contributed by atoms with E-state index in [1.54, 1.807) is 6.92 Å². The summed E-state index contributed by atoms with van der Waals surface area (Å²) in [5, 5.41) is 45.9. The van der Waals surface area contributed by atoms with Crippen molar-refractivity contribution in [3.8, 4) is 0 Å². The topological polar surface area (TPSA) is 212 Å². The van der Waals surface area contributed by atoms with Crippen LogP contribution in [0.25, 0.3) is 0 Å². The third-order valence-electron chi connectivity index (χ3n) is 10.7. The van der Waals surface area contributed by atoms with E-state index in [1.807, 2.05) is 0 Å². The fraction of sp³-hybridized carbons (Fsp3) is 0.562. The molecule has 0 heterocycles. The number of benzene rings is 1. The van der Waals surface area contributed by atoms with E-state index in [0.29, 0.717) is 17.6 Å². The number of rotatable bonds is 10. The van der Waals surface area contributed by atoms with Crippen LogP contribution < -0.4 is 5.32 Å². The number of fused-ring (bicyclic) bond motifs is 5. The van der Waals surface area contributed by atoms with Gasteiger partial charge in [0.2, 0.25) is 5.78 Å². The maximum Gasteiger partial charge on any atom is 0.407 e. The number of esters is 1. The molecule has 4 N–H and O–H groups in total. The number of hydrogen-bond acceptors (Lipinski definition) is 12. The number of hydrogen-bond donors (Lipinski definition) is 4. The molecule has 0 bridgehead atoms. The summed E-state index contributed by atoms with van der Waals surface area (Å²) in [5.41, 5.74) is -6.39. The molecule has 1 aromatic rings. The molecule has 0 unspecified atom stereocenters. The lowest BCUT2D eigenvalue weighted by atomic mass is 9.44. The van der Waals surface area contributed by atoms with Gasteiger partial charge in [-0.2, -0.15) is 0 Å². The zero-order valence-corrected chi connectivity index (χ0v) is 25.8. The molecule has 5 rings (SSSR count). The first kappa shape index (κ1) is 34.1. The number of Topliss-reactive ketones (excluding diaryl/α,β-unsaturated/α-hetero) is 1. The maximum absolute atomic E-state index is 17.2. The fourth-order valence-electron chi connectivity index (χ4n) is 8.32. The second-order valence-corrected chi connectivity index (χ2v) is 13.0. The van der Waals surface area contributed by atoms with Gasteiger partial charge < -0.3 is 34.9 Å². The number of ketones is 2. The molecule has 47 heavy (non-hydrogen) atoms. The predicted octanol–water partition coefficient (Wildman–Crippen LogP) is 1.92. The number of nitrogens with one attached hydrogen (secondary N) is 1. The van der Waals surface area contributed by atoms with Gasteiger partial charge in [0, 0.05) is 16.7 Å². The number of carbonyl (C=O) groups is 4. The van der Waals surface area contributed by atoms with Crippen LogP contribution in [0, 0.1) is 32.8 Å². The van der Waals surface area contributed by atoms with Crippen molar-refractivity contribution >= 4 is 23.6 Å². The van der Waals surface area contributed by atoms with Gasteiger partial charge in [0.1, 0.15) is 13.2 Å². The molecular formula is C32H37FN2O12. The van der Waals surface area contributed by atoms with E-state index < -0.39 is 75.7 Å². The van der Waals surface area contributed by atoms with Gasteiger partial charge in [0.05, 0.1) is 24.3 Å². The van der Waals surface area contributed by atoms with E-state index in [2.05, 4.69) is 10.2 Å². The van der Waals surface area contributed by atoms with Gasteiger partial charge >= 0.3 is 12.1 Å². The molecule has 0 aromatic heterocycles. The molecule has 254 valence electrons. The van der Waals surface area contributed by atoms with Crippen molar-refractivity contribution in [3.63, 3.8) is 0 Å². The Bertz CT molecular complexity index is 1550. The Morgan fingerprint density at radius 3 is 2.62 bits per heavy atom. The van der Waals surface area contributed by atoms with E-state index in [0.717, 1.165) is 0 Å². The largest absolute Gasteiger partial charge is 0.460 e. The smallest absolute Gasteiger partial charge is 0.407 e. The Kier molecular flexibility index (Phi) is 9.03. The second kappa shape index (κ2) is 12.4. The van der Waals surface area contributed by atoms with Crippen LogP contribution in [0.4, 0.5) is 9.18 Å². The van der Waals surface area contributed by atoms with Crippen LogP contribution in [0.5, 0.6) is 0 Å². The Hall–Kier alpha value is -4.21. The first-order valence-corrected chi connectivity index (χ1v) is 15.3. The molecule has 0 saturated heterocycles.